The van der Waals surface area contributed by atoms with E-state index in [2.05, 4.69) is 5.10 Å². The van der Waals surface area contributed by atoms with Crippen molar-refractivity contribution in [2.24, 2.45) is 5.73 Å². The number of hydrogen-bond acceptors (Lipinski definition) is 2. The average Bonchev–Trinajstić information content (AvgIpc) is 2.15. The van der Waals surface area contributed by atoms with Gasteiger partial charge in [0.2, 0.25) is 0 Å². The van der Waals surface area contributed by atoms with Crippen molar-refractivity contribution >= 4 is 6.03 Å². The Hall–Kier alpha value is -1.84. The topological polar surface area (TPSA) is 60.9 Å². The Morgan fingerprint density at radius 1 is 1.17 bits per heavy atom. The molecule has 0 aromatic carbocycles. The number of nitrogens with zero attached hydrogens (tertiary/aromatic N) is 2. The molecule has 1 aromatic heterocycles. The molecular formula is C8H9N3O. The van der Waals surface area contributed by atoms with Crippen LogP contribution in [-0.2, 0) is 0 Å². The van der Waals surface area contributed by atoms with E-state index in [9.17, 15) is 4.79 Å². The van der Waals surface area contributed by atoms with Crippen LogP contribution < -0.4 is 5.73 Å². The minimum Gasteiger partial charge on any atom is -0.350 e. The molecule has 1 heterocycles. The number of carbonyl (C=O) groups is 1. The van der Waals surface area contributed by atoms with Crippen molar-refractivity contribution in [1.29, 1.82) is 0 Å². The second kappa shape index (κ2) is 4.12. The van der Waals surface area contributed by atoms with Gasteiger partial charge in [-0.15, -0.1) is 0 Å². The summed E-state index contributed by atoms with van der Waals surface area (Å²) in [5.41, 5.74) is 5.01. The summed E-state index contributed by atoms with van der Waals surface area (Å²) in [6.45, 7) is 0. The van der Waals surface area contributed by atoms with E-state index in [-0.39, 0.29) is 0 Å². The predicted molar refractivity (Wildman–Crippen MR) is 44.8 cm³/mol. The lowest BCUT2D eigenvalue weighted by Crippen LogP contribution is -2.20. The fourth-order valence-corrected chi connectivity index (χ4v) is 0.653. The van der Waals surface area contributed by atoms with Gasteiger partial charge in [-0.05, 0) is 12.1 Å². The lowest BCUT2D eigenvalue weighted by molar-refractivity contribution is 0.247. The van der Waals surface area contributed by atoms with Crippen LogP contribution in [0, 0.1) is 0 Å². The van der Waals surface area contributed by atoms with Crippen LogP contribution in [0.2, 0.25) is 0 Å². The van der Waals surface area contributed by atoms with Gasteiger partial charge in [-0.25, -0.2) is 4.79 Å². The SMILES string of the molecule is NC(=O)n1cccccccn1. The average molecular weight is 163 g/mol. The van der Waals surface area contributed by atoms with Crippen molar-refractivity contribution < 1.29 is 4.79 Å². The van der Waals surface area contributed by atoms with Gasteiger partial charge in [0.25, 0.3) is 0 Å². The van der Waals surface area contributed by atoms with Crippen molar-refractivity contribution in [3.63, 3.8) is 0 Å². The van der Waals surface area contributed by atoms with Crippen molar-refractivity contribution in [3.05, 3.63) is 42.7 Å². The Kier molecular flexibility index (Phi) is 2.84. The Morgan fingerprint density at radius 3 is 2.58 bits per heavy atom. The second-order valence-electron chi connectivity index (χ2n) is 2.06. The Labute approximate surface area is 69.9 Å². The highest BCUT2D eigenvalue weighted by atomic mass is 16.2. The Balaban J connectivity index is 3.19. The molecule has 12 heavy (non-hydrogen) atoms. The first-order chi connectivity index (χ1) is 5.80. The number of amides is 1. The highest BCUT2D eigenvalue weighted by Crippen LogP contribution is 1.79. The van der Waals surface area contributed by atoms with Gasteiger partial charge in [0.05, 0.1) is 0 Å². The number of rotatable bonds is 0. The maximum Gasteiger partial charge on any atom is 0.339 e. The summed E-state index contributed by atoms with van der Waals surface area (Å²) in [4.78, 5) is 10.7. The Morgan fingerprint density at radius 2 is 1.83 bits per heavy atom. The number of hydrogen-bond donors (Lipinski definition) is 1. The van der Waals surface area contributed by atoms with Gasteiger partial charge < -0.3 is 5.73 Å². The van der Waals surface area contributed by atoms with Crippen molar-refractivity contribution in [1.82, 2.24) is 9.78 Å². The molecule has 0 atom stereocenters. The van der Waals surface area contributed by atoms with Crippen LogP contribution in [0.5, 0.6) is 0 Å². The molecule has 0 spiro atoms. The van der Waals surface area contributed by atoms with Crippen LogP contribution in [0.3, 0.4) is 0 Å². The summed E-state index contributed by atoms with van der Waals surface area (Å²) < 4.78 is 1.06. The third kappa shape index (κ3) is 2.42. The van der Waals surface area contributed by atoms with Gasteiger partial charge in [0, 0.05) is 12.4 Å². The van der Waals surface area contributed by atoms with Crippen LogP contribution in [0.4, 0.5) is 4.79 Å². The van der Waals surface area contributed by atoms with Gasteiger partial charge in [-0.3, -0.25) is 0 Å². The van der Waals surface area contributed by atoms with Crippen LogP contribution in [-0.4, -0.2) is 15.8 Å². The molecule has 1 amide bonds. The molecule has 0 aliphatic heterocycles. The molecule has 1 rings (SSSR count). The fourth-order valence-electron chi connectivity index (χ4n) is 0.653. The van der Waals surface area contributed by atoms with E-state index >= 15 is 0 Å². The van der Waals surface area contributed by atoms with Gasteiger partial charge >= 0.3 is 6.03 Å². The first-order valence-electron chi connectivity index (χ1n) is 3.43. The van der Waals surface area contributed by atoms with Crippen LogP contribution >= 0.6 is 0 Å². The van der Waals surface area contributed by atoms with E-state index in [1.165, 1.54) is 12.4 Å². The van der Waals surface area contributed by atoms with E-state index in [0.717, 1.165) is 4.68 Å². The number of nitrogens with two attached hydrogens (primary N) is 1. The quantitative estimate of drug-likeness (QED) is 0.618. The van der Waals surface area contributed by atoms with E-state index in [4.69, 9.17) is 5.73 Å². The number of aromatic nitrogens is 2. The van der Waals surface area contributed by atoms with Gasteiger partial charge in [0.15, 0.2) is 0 Å². The summed E-state index contributed by atoms with van der Waals surface area (Å²) in [5.74, 6) is 0. The van der Waals surface area contributed by atoms with Crippen molar-refractivity contribution in [3.8, 4) is 0 Å². The zero-order valence-corrected chi connectivity index (χ0v) is 6.42. The largest absolute Gasteiger partial charge is 0.350 e. The third-order valence-corrected chi connectivity index (χ3v) is 1.17. The zero-order valence-electron chi connectivity index (χ0n) is 6.42. The number of primary amides is 1. The molecule has 4 nitrogen and oxygen atoms in total. The molecule has 0 saturated carbocycles. The maximum absolute atomic E-state index is 10.7. The summed E-state index contributed by atoms with van der Waals surface area (Å²) in [7, 11) is 0. The van der Waals surface area contributed by atoms with Crippen LogP contribution in [0.25, 0.3) is 0 Å². The highest BCUT2D eigenvalue weighted by molar-refractivity contribution is 5.73. The van der Waals surface area contributed by atoms with Crippen molar-refractivity contribution in [2.45, 2.75) is 0 Å². The highest BCUT2D eigenvalue weighted by Gasteiger charge is 1.89. The summed E-state index contributed by atoms with van der Waals surface area (Å²) in [6.07, 6.45) is 2.98. The second-order valence-corrected chi connectivity index (χ2v) is 2.06. The van der Waals surface area contributed by atoms with E-state index in [1.807, 2.05) is 6.07 Å². The van der Waals surface area contributed by atoms with E-state index in [1.54, 1.807) is 24.3 Å². The summed E-state index contributed by atoms with van der Waals surface area (Å²) in [5, 5.41) is 3.76. The van der Waals surface area contributed by atoms with Crippen LogP contribution in [0.1, 0.15) is 0 Å². The molecule has 0 aliphatic rings. The molecule has 62 valence electrons. The van der Waals surface area contributed by atoms with Crippen molar-refractivity contribution in [2.75, 3.05) is 0 Å². The van der Waals surface area contributed by atoms with Gasteiger partial charge in [-0.1, -0.05) is 18.2 Å². The van der Waals surface area contributed by atoms with E-state index < -0.39 is 6.03 Å². The minimum absolute atomic E-state index is 0.605. The van der Waals surface area contributed by atoms with E-state index in [0.29, 0.717) is 0 Å². The molecule has 0 saturated heterocycles. The standard InChI is InChI=1S/C8H9N3O/c9-8(12)11-7-5-3-1-2-4-6-10-11/h1-7H,(H2,9,12). The molecule has 0 fully saturated rings. The molecular weight excluding hydrogens is 154 g/mol. The lowest BCUT2D eigenvalue weighted by Gasteiger charge is -1.91. The van der Waals surface area contributed by atoms with Crippen LogP contribution in [0.15, 0.2) is 42.7 Å². The monoisotopic (exact) mass is 163 g/mol. The summed E-state index contributed by atoms with van der Waals surface area (Å²) in [6, 6.07) is 8.19. The number of carbonyl (C=O) groups excluding carboxylic acids is 1. The molecule has 2 N–H and O–H groups in total. The molecule has 0 bridgehead atoms. The zero-order chi connectivity index (χ0) is 8.81. The third-order valence-electron chi connectivity index (χ3n) is 1.17. The molecule has 0 unspecified atom stereocenters. The fraction of sp³-hybridized carbons (Fsp3) is 0. The molecule has 0 aliphatic carbocycles. The first-order valence-corrected chi connectivity index (χ1v) is 3.43. The normalized spacial score (nSPS) is 8.67. The lowest BCUT2D eigenvalue weighted by atomic mass is 10.5. The molecule has 4 heteroatoms. The Bertz CT molecular complexity index is 294. The van der Waals surface area contributed by atoms with Gasteiger partial charge in [0.1, 0.15) is 0 Å². The predicted octanol–water partition coefficient (Wildman–Crippen LogP) is 0.934. The minimum atomic E-state index is -0.605. The first kappa shape index (κ1) is 8.26. The molecule has 1 aromatic rings. The summed E-state index contributed by atoms with van der Waals surface area (Å²) >= 11 is 0. The van der Waals surface area contributed by atoms with Gasteiger partial charge in [-0.2, -0.15) is 9.78 Å². The molecule has 0 radical (unpaired) electrons. The maximum atomic E-state index is 10.7. The smallest absolute Gasteiger partial charge is 0.339 e.